The summed E-state index contributed by atoms with van der Waals surface area (Å²) in [6.45, 7) is 10.7. The molecular weight excluding hydrogens is 409 g/mol. The zero-order valence-corrected chi connectivity index (χ0v) is 18.8. The van der Waals surface area contributed by atoms with Crippen LogP contribution >= 0.6 is 0 Å². The van der Waals surface area contributed by atoms with Crippen molar-refractivity contribution in [1.29, 1.82) is 0 Å². The summed E-state index contributed by atoms with van der Waals surface area (Å²) >= 11 is 0. The predicted octanol–water partition coefficient (Wildman–Crippen LogP) is 3.33. The average Bonchev–Trinajstić information content (AvgIpc) is 3.23. The van der Waals surface area contributed by atoms with Crippen LogP contribution < -0.4 is 16.0 Å². The van der Waals surface area contributed by atoms with E-state index in [-0.39, 0.29) is 17.8 Å². The van der Waals surface area contributed by atoms with Crippen LogP contribution in [0, 0.1) is 11.7 Å². The highest BCUT2D eigenvalue weighted by molar-refractivity contribution is 6.15. The van der Waals surface area contributed by atoms with Gasteiger partial charge in [0.25, 0.3) is 0 Å². The molecule has 0 spiro atoms. The lowest BCUT2D eigenvalue weighted by Gasteiger charge is -2.33. The predicted molar refractivity (Wildman–Crippen MR) is 126 cm³/mol. The number of rotatable bonds is 8. The molecule has 0 radical (unpaired) electrons. The molecule has 9 heteroatoms. The summed E-state index contributed by atoms with van der Waals surface area (Å²) in [6.07, 6.45) is 9.42. The molecule has 1 atom stereocenters. The number of likely N-dealkylation sites (tertiary alicyclic amines) is 1. The quantitative estimate of drug-likeness (QED) is 0.538. The van der Waals surface area contributed by atoms with Crippen molar-refractivity contribution >= 4 is 23.3 Å². The summed E-state index contributed by atoms with van der Waals surface area (Å²) in [4.78, 5) is 27.1. The van der Waals surface area contributed by atoms with Gasteiger partial charge < -0.3 is 20.9 Å². The molecule has 2 aliphatic heterocycles. The number of carbonyl (C=O) groups is 1. The molecule has 2 amide bonds. The number of urea groups is 1. The molecule has 172 valence electrons. The van der Waals surface area contributed by atoms with Crippen molar-refractivity contribution < 1.29 is 9.18 Å². The summed E-state index contributed by atoms with van der Waals surface area (Å²) in [7, 11) is 0. The molecule has 1 unspecified atom stereocenters. The van der Waals surface area contributed by atoms with Crippen molar-refractivity contribution in [3.05, 3.63) is 48.3 Å². The Morgan fingerprint density at radius 1 is 1.50 bits per heavy atom. The van der Waals surface area contributed by atoms with Crippen LogP contribution in [-0.4, -0.2) is 59.5 Å². The summed E-state index contributed by atoms with van der Waals surface area (Å²) in [5.41, 5.74) is 1.63. The van der Waals surface area contributed by atoms with Gasteiger partial charge in [-0.2, -0.15) is 0 Å². The van der Waals surface area contributed by atoms with E-state index in [1.165, 1.54) is 6.20 Å². The highest BCUT2D eigenvalue weighted by atomic mass is 19.1. The van der Waals surface area contributed by atoms with Crippen molar-refractivity contribution in [1.82, 2.24) is 25.5 Å². The van der Waals surface area contributed by atoms with Gasteiger partial charge in [-0.3, -0.25) is 4.99 Å². The minimum Gasteiger partial charge on any atom is -0.367 e. The lowest BCUT2D eigenvalue weighted by molar-refractivity contribution is 0.168. The molecule has 2 aliphatic rings. The van der Waals surface area contributed by atoms with Crippen molar-refractivity contribution in [3.8, 4) is 0 Å². The first kappa shape index (κ1) is 23.4. The number of halogens is 1. The molecule has 1 aromatic rings. The molecule has 8 nitrogen and oxygen atoms in total. The monoisotopic (exact) mass is 441 g/mol. The van der Waals surface area contributed by atoms with E-state index in [4.69, 9.17) is 0 Å². The summed E-state index contributed by atoms with van der Waals surface area (Å²) in [5, 5.41) is 9.18. The summed E-state index contributed by atoms with van der Waals surface area (Å²) < 4.78 is 14.4. The molecule has 3 heterocycles. The van der Waals surface area contributed by atoms with E-state index in [0.717, 1.165) is 37.0 Å². The second-order valence-electron chi connectivity index (χ2n) is 7.84. The molecule has 0 saturated carbocycles. The third-order valence-corrected chi connectivity index (χ3v) is 5.44. The highest BCUT2D eigenvalue weighted by Gasteiger charge is 2.25. The Labute approximate surface area is 188 Å². The number of aromatic nitrogens is 2. The van der Waals surface area contributed by atoms with Crippen LogP contribution in [0.15, 0.2) is 41.7 Å². The smallest absolute Gasteiger partial charge is 0.317 e. The van der Waals surface area contributed by atoms with Gasteiger partial charge in [0.2, 0.25) is 0 Å². The number of amides is 2. The van der Waals surface area contributed by atoms with E-state index in [1.54, 1.807) is 12.3 Å². The first-order chi connectivity index (χ1) is 15.6. The number of aliphatic imine (C=N–C) groups is 1. The van der Waals surface area contributed by atoms with Gasteiger partial charge in [0, 0.05) is 43.5 Å². The second kappa shape index (κ2) is 11.4. The first-order valence-electron chi connectivity index (χ1n) is 11.2. The first-order valence-corrected chi connectivity index (χ1v) is 11.2. The fourth-order valence-electron chi connectivity index (χ4n) is 3.81. The molecule has 3 rings (SSSR count). The van der Waals surface area contributed by atoms with Gasteiger partial charge in [-0.05, 0) is 32.1 Å². The van der Waals surface area contributed by atoms with E-state index < -0.39 is 5.82 Å². The number of hydrogen-bond acceptors (Lipinski definition) is 5. The Morgan fingerprint density at radius 3 is 3.09 bits per heavy atom. The molecule has 0 aromatic carbocycles. The van der Waals surface area contributed by atoms with E-state index in [1.807, 2.05) is 24.8 Å². The van der Waals surface area contributed by atoms with Crippen molar-refractivity contribution in [2.45, 2.75) is 33.1 Å². The Bertz CT molecular complexity index is 925. The summed E-state index contributed by atoms with van der Waals surface area (Å²) in [5.74, 6) is 1.02. The molecular formula is C23H32FN7O. The Kier molecular flexibility index (Phi) is 8.35. The Morgan fingerprint density at radius 2 is 2.34 bits per heavy atom. The van der Waals surface area contributed by atoms with Gasteiger partial charge in [0.1, 0.15) is 5.84 Å². The summed E-state index contributed by atoms with van der Waals surface area (Å²) in [6, 6.07) is -0.0273. The SMILES string of the molecule is C=CCN=C1NC=C(c2ncc(F)c(NCC3CCCN(C(=O)NCCC)C3)n2)/C1=C/C. The lowest BCUT2D eigenvalue weighted by Crippen LogP contribution is -2.46. The number of amidine groups is 1. The van der Waals surface area contributed by atoms with Crippen LogP contribution in [0.25, 0.3) is 5.57 Å². The number of nitrogens with zero attached hydrogens (tertiary/aromatic N) is 4. The van der Waals surface area contributed by atoms with Crippen molar-refractivity contribution in [2.24, 2.45) is 10.9 Å². The third-order valence-electron chi connectivity index (χ3n) is 5.44. The number of carbonyl (C=O) groups excluding carboxylic acids is 1. The van der Waals surface area contributed by atoms with Crippen molar-refractivity contribution in [3.63, 3.8) is 0 Å². The maximum Gasteiger partial charge on any atom is 0.317 e. The average molecular weight is 442 g/mol. The second-order valence-corrected chi connectivity index (χ2v) is 7.84. The van der Waals surface area contributed by atoms with Crippen LogP contribution in [0.2, 0.25) is 0 Å². The van der Waals surface area contributed by atoms with E-state index >= 15 is 0 Å². The molecule has 0 bridgehead atoms. The highest BCUT2D eigenvalue weighted by Crippen LogP contribution is 2.26. The minimum absolute atomic E-state index is 0.0273. The van der Waals surface area contributed by atoms with Gasteiger partial charge in [0.05, 0.1) is 12.7 Å². The molecule has 1 aromatic heterocycles. The van der Waals surface area contributed by atoms with E-state index in [9.17, 15) is 9.18 Å². The standard InChI is InChI=1S/C23H32FN7O/c1-4-9-25-20-17(6-3)18(13-28-20)21-29-14-19(24)22(30-21)27-12-16-8-7-11-31(15-16)23(32)26-10-5-2/h4,6,13-14,16H,1,5,7-12,15H2,2-3H3,(H,25,28)(H,26,32)(H,27,29,30)/b17-6-. The van der Waals surface area contributed by atoms with Crippen LogP contribution in [0.1, 0.15) is 38.9 Å². The Hall–Kier alpha value is -3.23. The molecule has 3 N–H and O–H groups in total. The molecule has 0 aliphatic carbocycles. The van der Waals surface area contributed by atoms with Crippen LogP contribution in [-0.2, 0) is 0 Å². The Balaban J connectivity index is 1.65. The number of piperidine rings is 1. The topological polar surface area (TPSA) is 94.5 Å². The van der Waals surface area contributed by atoms with E-state index in [0.29, 0.717) is 37.8 Å². The minimum atomic E-state index is -0.503. The largest absolute Gasteiger partial charge is 0.367 e. The van der Waals surface area contributed by atoms with Gasteiger partial charge in [-0.1, -0.05) is 19.1 Å². The number of hydrogen-bond donors (Lipinski definition) is 3. The zero-order chi connectivity index (χ0) is 22.9. The number of anilines is 1. The van der Waals surface area contributed by atoms with Crippen molar-refractivity contribution in [2.75, 3.05) is 38.0 Å². The zero-order valence-electron chi connectivity index (χ0n) is 18.8. The molecule has 32 heavy (non-hydrogen) atoms. The van der Waals surface area contributed by atoms with Gasteiger partial charge in [0.15, 0.2) is 17.5 Å². The van der Waals surface area contributed by atoms with Crippen LogP contribution in [0.3, 0.4) is 0 Å². The maximum absolute atomic E-state index is 14.4. The van der Waals surface area contributed by atoms with Crippen LogP contribution in [0.5, 0.6) is 0 Å². The maximum atomic E-state index is 14.4. The van der Waals surface area contributed by atoms with Crippen LogP contribution in [0.4, 0.5) is 15.0 Å². The molecule has 1 fully saturated rings. The van der Waals surface area contributed by atoms with Gasteiger partial charge in [-0.15, -0.1) is 6.58 Å². The fourth-order valence-corrected chi connectivity index (χ4v) is 3.81. The number of allylic oxidation sites excluding steroid dienone is 1. The normalized spacial score (nSPS) is 20.8. The van der Waals surface area contributed by atoms with Gasteiger partial charge >= 0.3 is 6.03 Å². The number of nitrogens with one attached hydrogen (secondary N) is 3. The fraction of sp³-hybridized carbons (Fsp3) is 0.478. The van der Waals surface area contributed by atoms with Gasteiger partial charge in [-0.25, -0.2) is 19.2 Å². The van der Waals surface area contributed by atoms with E-state index in [2.05, 4.69) is 37.5 Å². The lowest BCUT2D eigenvalue weighted by atomic mass is 9.98. The third kappa shape index (κ3) is 5.72. The molecule has 1 saturated heterocycles.